The fraction of sp³-hybridized carbons (Fsp3) is 0.500. The van der Waals surface area contributed by atoms with Crippen molar-refractivity contribution in [1.29, 1.82) is 0 Å². The molecule has 1 rings (SSSR count). The van der Waals surface area contributed by atoms with E-state index in [1.165, 1.54) is 12.1 Å². The number of carbonyl (C=O) groups is 1. The van der Waals surface area contributed by atoms with Crippen LogP contribution in [0.3, 0.4) is 0 Å². The molecular formula is C14H19F3N2O. The summed E-state index contributed by atoms with van der Waals surface area (Å²) in [6, 6.07) is 4.87. The largest absolute Gasteiger partial charge is 0.416 e. The van der Waals surface area contributed by atoms with Gasteiger partial charge in [0, 0.05) is 6.54 Å². The van der Waals surface area contributed by atoms with E-state index in [1.54, 1.807) is 6.92 Å². The second kappa shape index (κ2) is 6.26. The first-order valence-corrected chi connectivity index (χ1v) is 6.40. The van der Waals surface area contributed by atoms with Crippen LogP contribution in [0.15, 0.2) is 24.3 Å². The van der Waals surface area contributed by atoms with Crippen LogP contribution in [0.2, 0.25) is 0 Å². The van der Waals surface area contributed by atoms with Crippen molar-refractivity contribution in [3.63, 3.8) is 0 Å². The summed E-state index contributed by atoms with van der Waals surface area (Å²) in [5, 5.41) is 2.57. The second-order valence-electron chi connectivity index (χ2n) is 5.05. The summed E-state index contributed by atoms with van der Waals surface area (Å²) in [6.07, 6.45) is -3.12. The Morgan fingerprint density at radius 1 is 1.35 bits per heavy atom. The van der Waals surface area contributed by atoms with Crippen LogP contribution in [0.25, 0.3) is 0 Å². The summed E-state index contributed by atoms with van der Waals surface area (Å²) in [7, 11) is 0. The maximum atomic E-state index is 12.5. The van der Waals surface area contributed by atoms with Crippen LogP contribution in [0.1, 0.15) is 37.8 Å². The molecule has 112 valence electrons. The molecule has 1 aromatic rings. The van der Waals surface area contributed by atoms with Crippen molar-refractivity contribution in [1.82, 2.24) is 5.32 Å². The van der Waals surface area contributed by atoms with Gasteiger partial charge >= 0.3 is 6.18 Å². The quantitative estimate of drug-likeness (QED) is 0.875. The number of halogens is 3. The van der Waals surface area contributed by atoms with Crippen molar-refractivity contribution in [2.24, 2.45) is 5.73 Å². The maximum absolute atomic E-state index is 12.5. The molecule has 0 aliphatic heterocycles. The summed E-state index contributed by atoms with van der Waals surface area (Å²) in [6.45, 7) is 3.54. The average molecular weight is 288 g/mol. The van der Waals surface area contributed by atoms with Crippen LogP contribution >= 0.6 is 0 Å². The smallest absolute Gasteiger partial charge is 0.350 e. The standard InChI is InChI=1S/C14H19F3N2O/c1-3-7-13(2,18)12(20)19-9-10-5-4-6-11(8-10)14(15,16)17/h4-6,8H,3,7,9,18H2,1-2H3,(H,19,20). The SMILES string of the molecule is CCCC(C)(N)C(=O)NCc1cccc(C(F)(F)F)c1. The number of carbonyl (C=O) groups excluding carboxylic acids is 1. The van der Waals surface area contributed by atoms with Gasteiger partial charge in [0.05, 0.1) is 11.1 Å². The first-order chi connectivity index (χ1) is 9.16. The minimum absolute atomic E-state index is 0.0270. The number of amides is 1. The summed E-state index contributed by atoms with van der Waals surface area (Å²) >= 11 is 0. The van der Waals surface area contributed by atoms with Gasteiger partial charge in [-0.2, -0.15) is 13.2 Å². The summed E-state index contributed by atoms with van der Waals surface area (Å²) in [4.78, 5) is 11.9. The lowest BCUT2D eigenvalue weighted by molar-refractivity contribution is -0.137. The van der Waals surface area contributed by atoms with Gasteiger partial charge in [0.2, 0.25) is 5.91 Å². The Hall–Kier alpha value is -1.56. The molecule has 0 spiro atoms. The molecule has 1 unspecified atom stereocenters. The van der Waals surface area contributed by atoms with Gasteiger partial charge in [0.15, 0.2) is 0 Å². The van der Waals surface area contributed by atoms with Crippen LogP contribution in [0.5, 0.6) is 0 Å². The van der Waals surface area contributed by atoms with Crippen molar-refractivity contribution < 1.29 is 18.0 Å². The third-order valence-electron chi connectivity index (χ3n) is 3.00. The van der Waals surface area contributed by atoms with Crippen molar-refractivity contribution >= 4 is 5.91 Å². The van der Waals surface area contributed by atoms with Crippen LogP contribution in [-0.2, 0) is 17.5 Å². The van der Waals surface area contributed by atoms with Crippen LogP contribution < -0.4 is 11.1 Å². The maximum Gasteiger partial charge on any atom is 0.416 e. The molecule has 0 aliphatic rings. The fourth-order valence-electron chi connectivity index (χ4n) is 1.87. The molecule has 3 N–H and O–H groups in total. The molecule has 0 bridgehead atoms. The van der Waals surface area contributed by atoms with E-state index < -0.39 is 17.3 Å². The minimum Gasteiger partial charge on any atom is -0.350 e. The fourth-order valence-corrected chi connectivity index (χ4v) is 1.87. The molecular weight excluding hydrogens is 269 g/mol. The van der Waals surface area contributed by atoms with E-state index >= 15 is 0 Å². The van der Waals surface area contributed by atoms with Gasteiger partial charge in [-0.05, 0) is 31.0 Å². The molecule has 0 aliphatic carbocycles. The lowest BCUT2D eigenvalue weighted by atomic mass is 9.96. The van der Waals surface area contributed by atoms with Gasteiger partial charge < -0.3 is 11.1 Å². The number of rotatable bonds is 5. The first kappa shape index (κ1) is 16.5. The lowest BCUT2D eigenvalue weighted by Gasteiger charge is -2.23. The van der Waals surface area contributed by atoms with Crippen molar-refractivity contribution in [2.45, 2.75) is 44.9 Å². The van der Waals surface area contributed by atoms with Crippen LogP contribution in [-0.4, -0.2) is 11.4 Å². The Bertz CT molecular complexity index is 470. The molecule has 0 heterocycles. The molecule has 0 radical (unpaired) electrons. The molecule has 3 nitrogen and oxygen atoms in total. The molecule has 1 atom stereocenters. The molecule has 0 saturated heterocycles. The van der Waals surface area contributed by atoms with Gasteiger partial charge in [0.1, 0.15) is 0 Å². The highest BCUT2D eigenvalue weighted by Gasteiger charge is 2.30. The van der Waals surface area contributed by atoms with Crippen molar-refractivity contribution in [3.8, 4) is 0 Å². The Kier molecular flexibility index (Phi) is 5.16. The van der Waals surface area contributed by atoms with Gasteiger partial charge in [-0.25, -0.2) is 0 Å². The van der Waals surface area contributed by atoms with Gasteiger partial charge in [0.25, 0.3) is 0 Å². The molecule has 1 amide bonds. The summed E-state index contributed by atoms with van der Waals surface area (Å²) in [5.41, 5.74) is 4.50. The van der Waals surface area contributed by atoms with E-state index in [0.717, 1.165) is 18.6 Å². The summed E-state index contributed by atoms with van der Waals surface area (Å²) < 4.78 is 37.6. The topological polar surface area (TPSA) is 55.1 Å². The molecule has 0 saturated carbocycles. The van der Waals surface area contributed by atoms with Crippen LogP contribution in [0, 0.1) is 0 Å². The molecule has 6 heteroatoms. The van der Waals surface area contributed by atoms with E-state index in [0.29, 0.717) is 12.0 Å². The van der Waals surface area contributed by atoms with Gasteiger partial charge in [-0.3, -0.25) is 4.79 Å². The minimum atomic E-state index is -4.38. The predicted octanol–water partition coefficient (Wildman–Crippen LogP) is 2.84. The number of nitrogens with two attached hydrogens (primary N) is 1. The average Bonchev–Trinajstić information content (AvgIpc) is 2.35. The van der Waals surface area contributed by atoms with Gasteiger partial charge in [-0.1, -0.05) is 25.5 Å². The van der Waals surface area contributed by atoms with E-state index in [4.69, 9.17) is 5.73 Å². The highest BCUT2D eigenvalue weighted by molar-refractivity contribution is 5.85. The van der Waals surface area contributed by atoms with E-state index in [1.807, 2.05) is 6.92 Å². The highest BCUT2D eigenvalue weighted by Crippen LogP contribution is 2.29. The zero-order valence-corrected chi connectivity index (χ0v) is 11.6. The Morgan fingerprint density at radius 2 is 2.00 bits per heavy atom. The van der Waals surface area contributed by atoms with Gasteiger partial charge in [-0.15, -0.1) is 0 Å². The monoisotopic (exact) mass is 288 g/mol. The number of alkyl halides is 3. The van der Waals surface area contributed by atoms with Crippen molar-refractivity contribution in [3.05, 3.63) is 35.4 Å². The second-order valence-corrected chi connectivity index (χ2v) is 5.05. The highest BCUT2D eigenvalue weighted by atomic mass is 19.4. The number of hydrogen-bond acceptors (Lipinski definition) is 2. The molecule has 0 fully saturated rings. The number of benzene rings is 1. The first-order valence-electron chi connectivity index (χ1n) is 6.40. The Labute approximate surface area is 116 Å². The molecule has 1 aromatic carbocycles. The Balaban J connectivity index is 2.69. The van der Waals surface area contributed by atoms with E-state index in [9.17, 15) is 18.0 Å². The zero-order valence-electron chi connectivity index (χ0n) is 11.6. The van der Waals surface area contributed by atoms with Crippen molar-refractivity contribution in [2.75, 3.05) is 0 Å². The third kappa shape index (κ3) is 4.52. The normalized spacial score (nSPS) is 14.7. The Morgan fingerprint density at radius 3 is 2.55 bits per heavy atom. The number of nitrogens with one attached hydrogen (secondary N) is 1. The number of hydrogen-bond donors (Lipinski definition) is 2. The van der Waals surface area contributed by atoms with E-state index in [-0.39, 0.29) is 12.5 Å². The van der Waals surface area contributed by atoms with E-state index in [2.05, 4.69) is 5.32 Å². The summed E-state index contributed by atoms with van der Waals surface area (Å²) in [5.74, 6) is -0.364. The third-order valence-corrected chi connectivity index (χ3v) is 3.00. The van der Waals surface area contributed by atoms with Crippen LogP contribution in [0.4, 0.5) is 13.2 Å². The molecule has 0 aromatic heterocycles. The zero-order chi connectivity index (χ0) is 15.4. The molecule has 20 heavy (non-hydrogen) atoms. The lowest BCUT2D eigenvalue weighted by Crippen LogP contribution is -2.51. The predicted molar refractivity (Wildman–Crippen MR) is 70.8 cm³/mol.